The first-order chi connectivity index (χ1) is 12.0. The maximum Gasteiger partial charge on any atom is 0.230 e. The first-order valence-corrected chi connectivity index (χ1v) is 10.1. The van der Waals surface area contributed by atoms with Crippen LogP contribution >= 0.6 is 23.1 Å². The van der Waals surface area contributed by atoms with Gasteiger partial charge in [-0.3, -0.25) is 4.79 Å². The number of amides is 1. The zero-order valence-corrected chi connectivity index (χ0v) is 16.2. The van der Waals surface area contributed by atoms with Crippen LogP contribution in [0.1, 0.15) is 19.4 Å². The van der Waals surface area contributed by atoms with Crippen molar-refractivity contribution >= 4 is 39.2 Å². The van der Waals surface area contributed by atoms with Crippen LogP contribution in [0.4, 0.5) is 0 Å². The number of aryl methyl sites for hydroxylation is 1. The Labute approximate surface area is 156 Å². The lowest BCUT2D eigenvalue weighted by molar-refractivity contribution is -0.118. The second-order valence-corrected chi connectivity index (χ2v) is 8.18. The van der Waals surface area contributed by atoms with Gasteiger partial charge in [0.2, 0.25) is 5.91 Å². The molecule has 0 radical (unpaired) electrons. The molecule has 0 fully saturated rings. The fourth-order valence-corrected chi connectivity index (χ4v) is 4.23. The standard InChI is InChI=1S/C19H21N3OS2/c1-12(2)8-20-16(23)10-25-19-17-15(9-24-18(17)21-11-22-19)14-6-4-13(3)5-7-14/h4-7,9,11-12H,8,10H2,1-3H3,(H,20,23). The zero-order valence-electron chi connectivity index (χ0n) is 14.6. The van der Waals surface area contributed by atoms with Gasteiger partial charge in [-0.25, -0.2) is 9.97 Å². The third-order valence-electron chi connectivity index (χ3n) is 3.75. The Morgan fingerprint density at radius 1 is 1.24 bits per heavy atom. The van der Waals surface area contributed by atoms with Gasteiger partial charge in [-0.2, -0.15) is 0 Å². The molecule has 1 N–H and O–H groups in total. The van der Waals surface area contributed by atoms with Crippen molar-refractivity contribution in [3.05, 3.63) is 41.5 Å². The fourth-order valence-electron chi connectivity index (χ4n) is 2.41. The van der Waals surface area contributed by atoms with Crippen LogP contribution in [-0.2, 0) is 4.79 Å². The van der Waals surface area contributed by atoms with Crippen LogP contribution in [0.3, 0.4) is 0 Å². The number of thioether (sulfide) groups is 1. The fraction of sp³-hybridized carbons (Fsp3) is 0.316. The molecule has 4 nitrogen and oxygen atoms in total. The minimum absolute atomic E-state index is 0.0394. The molecule has 0 bridgehead atoms. The molecule has 3 aromatic rings. The van der Waals surface area contributed by atoms with Gasteiger partial charge in [-0.1, -0.05) is 55.4 Å². The van der Waals surface area contributed by atoms with Crippen LogP contribution in [-0.4, -0.2) is 28.2 Å². The lowest BCUT2D eigenvalue weighted by atomic mass is 10.1. The average Bonchev–Trinajstić information content (AvgIpc) is 3.03. The lowest BCUT2D eigenvalue weighted by Gasteiger charge is -2.08. The number of benzene rings is 1. The molecular weight excluding hydrogens is 350 g/mol. The third-order valence-corrected chi connectivity index (χ3v) is 5.62. The molecule has 2 aromatic heterocycles. The quantitative estimate of drug-likeness (QED) is 0.511. The Morgan fingerprint density at radius 2 is 2.00 bits per heavy atom. The van der Waals surface area contributed by atoms with E-state index in [1.165, 1.54) is 17.3 Å². The van der Waals surface area contributed by atoms with Gasteiger partial charge in [0.25, 0.3) is 0 Å². The highest BCUT2D eigenvalue weighted by molar-refractivity contribution is 8.00. The maximum absolute atomic E-state index is 12.0. The van der Waals surface area contributed by atoms with E-state index in [2.05, 4.69) is 65.7 Å². The number of rotatable bonds is 6. The van der Waals surface area contributed by atoms with Crippen molar-refractivity contribution in [2.24, 2.45) is 5.92 Å². The number of aromatic nitrogens is 2. The molecule has 0 aliphatic heterocycles. The number of carbonyl (C=O) groups excluding carboxylic acids is 1. The second kappa shape index (κ2) is 7.97. The predicted molar refractivity (Wildman–Crippen MR) is 106 cm³/mol. The molecule has 2 heterocycles. The molecule has 0 saturated heterocycles. The third kappa shape index (κ3) is 4.38. The molecule has 25 heavy (non-hydrogen) atoms. The number of hydrogen-bond acceptors (Lipinski definition) is 5. The van der Waals surface area contributed by atoms with Crippen molar-refractivity contribution in [1.29, 1.82) is 0 Å². The van der Waals surface area contributed by atoms with Crippen molar-refractivity contribution in [2.75, 3.05) is 12.3 Å². The number of nitrogens with zero attached hydrogens (tertiary/aromatic N) is 2. The van der Waals surface area contributed by atoms with E-state index in [0.29, 0.717) is 18.2 Å². The number of nitrogens with one attached hydrogen (secondary N) is 1. The summed E-state index contributed by atoms with van der Waals surface area (Å²) in [7, 11) is 0. The molecule has 130 valence electrons. The monoisotopic (exact) mass is 371 g/mol. The summed E-state index contributed by atoms with van der Waals surface area (Å²) in [5, 5.41) is 6.97. The number of thiophene rings is 1. The van der Waals surface area contributed by atoms with E-state index in [-0.39, 0.29) is 5.91 Å². The first-order valence-electron chi connectivity index (χ1n) is 8.23. The van der Waals surface area contributed by atoms with E-state index in [1.807, 2.05) is 0 Å². The second-order valence-electron chi connectivity index (χ2n) is 6.36. The van der Waals surface area contributed by atoms with Crippen molar-refractivity contribution in [3.63, 3.8) is 0 Å². The summed E-state index contributed by atoms with van der Waals surface area (Å²) in [6.07, 6.45) is 1.58. The maximum atomic E-state index is 12.0. The number of hydrogen-bond donors (Lipinski definition) is 1. The summed E-state index contributed by atoms with van der Waals surface area (Å²) in [4.78, 5) is 21.8. The first kappa shape index (κ1) is 17.9. The van der Waals surface area contributed by atoms with Crippen molar-refractivity contribution < 1.29 is 4.79 Å². The summed E-state index contributed by atoms with van der Waals surface area (Å²) >= 11 is 3.08. The summed E-state index contributed by atoms with van der Waals surface area (Å²) in [6.45, 7) is 6.95. The molecule has 6 heteroatoms. The summed E-state index contributed by atoms with van der Waals surface area (Å²) in [6, 6.07) is 8.45. The SMILES string of the molecule is Cc1ccc(-c2csc3ncnc(SCC(=O)NCC(C)C)c23)cc1. The molecule has 0 aliphatic rings. The van der Waals surface area contributed by atoms with Gasteiger partial charge in [0.05, 0.1) is 11.1 Å². The van der Waals surface area contributed by atoms with Crippen LogP contribution in [0.25, 0.3) is 21.3 Å². The van der Waals surface area contributed by atoms with Crippen molar-refractivity contribution in [2.45, 2.75) is 25.8 Å². The van der Waals surface area contributed by atoms with Crippen LogP contribution in [0.2, 0.25) is 0 Å². The Kier molecular flexibility index (Phi) is 5.71. The van der Waals surface area contributed by atoms with Crippen LogP contribution in [0.5, 0.6) is 0 Å². The summed E-state index contributed by atoms with van der Waals surface area (Å²) < 4.78 is 0. The van der Waals surface area contributed by atoms with Crippen LogP contribution in [0, 0.1) is 12.8 Å². The van der Waals surface area contributed by atoms with Gasteiger partial charge >= 0.3 is 0 Å². The lowest BCUT2D eigenvalue weighted by Crippen LogP contribution is -2.28. The van der Waals surface area contributed by atoms with Crippen LogP contribution < -0.4 is 5.32 Å². The van der Waals surface area contributed by atoms with E-state index >= 15 is 0 Å². The molecule has 0 aliphatic carbocycles. The Hall–Kier alpha value is -1.92. The number of fused-ring (bicyclic) bond motifs is 1. The highest BCUT2D eigenvalue weighted by Gasteiger charge is 2.14. The molecule has 1 amide bonds. The molecule has 0 saturated carbocycles. The Balaban J connectivity index is 1.85. The molecule has 0 atom stereocenters. The summed E-state index contributed by atoms with van der Waals surface area (Å²) in [5.74, 6) is 0.851. The van der Waals surface area contributed by atoms with Gasteiger partial charge < -0.3 is 5.32 Å². The smallest absolute Gasteiger partial charge is 0.230 e. The van der Waals surface area contributed by atoms with E-state index < -0.39 is 0 Å². The molecule has 0 unspecified atom stereocenters. The zero-order chi connectivity index (χ0) is 17.8. The Morgan fingerprint density at radius 3 is 2.72 bits per heavy atom. The highest BCUT2D eigenvalue weighted by atomic mass is 32.2. The molecule has 3 rings (SSSR count). The van der Waals surface area contributed by atoms with E-state index in [4.69, 9.17) is 0 Å². The van der Waals surface area contributed by atoms with Gasteiger partial charge in [0.15, 0.2) is 0 Å². The van der Waals surface area contributed by atoms with Crippen LogP contribution in [0.15, 0.2) is 41.0 Å². The minimum atomic E-state index is 0.0394. The average molecular weight is 372 g/mol. The van der Waals surface area contributed by atoms with Gasteiger partial charge in [-0.15, -0.1) is 11.3 Å². The topological polar surface area (TPSA) is 54.9 Å². The highest BCUT2D eigenvalue weighted by Crippen LogP contribution is 2.37. The largest absolute Gasteiger partial charge is 0.355 e. The van der Waals surface area contributed by atoms with E-state index in [9.17, 15) is 4.79 Å². The van der Waals surface area contributed by atoms with E-state index in [1.54, 1.807) is 17.7 Å². The molecular formula is C19H21N3OS2. The van der Waals surface area contributed by atoms with Crippen molar-refractivity contribution in [3.8, 4) is 11.1 Å². The van der Waals surface area contributed by atoms with E-state index in [0.717, 1.165) is 26.4 Å². The summed E-state index contributed by atoms with van der Waals surface area (Å²) in [5.41, 5.74) is 3.51. The Bertz CT molecular complexity index is 872. The van der Waals surface area contributed by atoms with Crippen molar-refractivity contribution in [1.82, 2.24) is 15.3 Å². The number of carbonyl (C=O) groups is 1. The van der Waals surface area contributed by atoms with Gasteiger partial charge in [0, 0.05) is 17.5 Å². The predicted octanol–water partition coefficient (Wildman–Crippen LogP) is 4.53. The molecule has 1 aromatic carbocycles. The van der Waals surface area contributed by atoms with Gasteiger partial charge in [-0.05, 0) is 18.4 Å². The minimum Gasteiger partial charge on any atom is -0.355 e. The normalized spacial score (nSPS) is 11.2. The molecule has 0 spiro atoms. The van der Waals surface area contributed by atoms with Gasteiger partial charge in [0.1, 0.15) is 16.2 Å².